The number of benzene rings is 1. The van der Waals surface area contributed by atoms with E-state index in [0.29, 0.717) is 11.3 Å². The van der Waals surface area contributed by atoms with Crippen LogP contribution in [0.5, 0.6) is 0 Å². The van der Waals surface area contributed by atoms with Gasteiger partial charge in [-0.25, -0.2) is 0 Å². The molecule has 1 aromatic rings. The Kier molecular flexibility index (Phi) is 4.39. The fraction of sp³-hybridized carbons (Fsp3) is 0.467. The molecule has 108 valence electrons. The zero-order chi connectivity index (χ0) is 14.6. The Morgan fingerprint density at radius 2 is 1.95 bits per heavy atom. The summed E-state index contributed by atoms with van der Waals surface area (Å²) in [5, 5.41) is 8.75. The topological polar surface area (TPSA) is 70.2 Å². The maximum atomic E-state index is 12.4. The minimum absolute atomic E-state index is 0.0213. The molecule has 3 N–H and O–H groups in total. The van der Waals surface area contributed by atoms with Gasteiger partial charge in [-0.2, -0.15) is 0 Å². The van der Waals surface area contributed by atoms with Crippen LogP contribution in [0.25, 0.3) is 0 Å². The van der Waals surface area contributed by atoms with Crippen molar-refractivity contribution in [1.29, 1.82) is 0 Å². The molecule has 0 bridgehead atoms. The highest BCUT2D eigenvalue weighted by Crippen LogP contribution is 2.29. The number of amides is 2. The molecule has 0 aromatic heterocycles. The van der Waals surface area contributed by atoms with Crippen molar-refractivity contribution in [3.05, 3.63) is 29.8 Å². The minimum Gasteiger partial charge on any atom is -0.355 e. The van der Waals surface area contributed by atoms with Crippen LogP contribution in [-0.2, 0) is 4.79 Å². The van der Waals surface area contributed by atoms with Gasteiger partial charge in [0.2, 0.25) is 5.91 Å². The Labute approximate surface area is 119 Å². The molecular formula is C15H21N3O2. The number of nitrogens with one attached hydrogen (secondary N) is 3. The van der Waals surface area contributed by atoms with Crippen LogP contribution in [-0.4, -0.2) is 32.0 Å². The van der Waals surface area contributed by atoms with E-state index in [-0.39, 0.29) is 17.2 Å². The van der Waals surface area contributed by atoms with Gasteiger partial charge in [0.1, 0.15) is 0 Å². The summed E-state index contributed by atoms with van der Waals surface area (Å²) < 4.78 is 0. The van der Waals surface area contributed by atoms with E-state index in [9.17, 15) is 9.59 Å². The summed E-state index contributed by atoms with van der Waals surface area (Å²) in [6.45, 7) is 3.72. The molecule has 1 heterocycles. The smallest absolute Gasteiger partial charge is 0.251 e. The molecule has 20 heavy (non-hydrogen) atoms. The molecule has 5 heteroatoms. The molecule has 1 aromatic carbocycles. The first-order valence-corrected chi connectivity index (χ1v) is 6.89. The summed E-state index contributed by atoms with van der Waals surface area (Å²) >= 11 is 0. The maximum absolute atomic E-state index is 12.4. The predicted octanol–water partition coefficient (Wildman–Crippen LogP) is 1.37. The highest BCUT2D eigenvalue weighted by Gasteiger charge is 2.34. The van der Waals surface area contributed by atoms with Gasteiger partial charge in [0.15, 0.2) is 0 Å². The van der Waals surface area contributed by atoms with Gasteiger partial charge >= 0.3 is 0 Å². The van der Waals surface area contributed by atoms with Gasteiger partial charge in [-0.05, 0) is 44.1 Å². The van der Waals surface area contributed by atoms with Crippen molar-refractivity contribution >= 4 is 17.5 Å². The molecule has 1 aliphatic rings. The third-order valence-electron chi connectivity index (χ3n) is 3.86. The van der Waals surface area contributed by atoms with E-state index in [4.69, 9.17) is 0 Å². The summed E-state index contributed by atoms with van der Waals surface area (Å²) in [5.74, 6) is -0.137. The van der Waals surface area contributed by atoms with Gasteiger partial charge in [-0.1, -0.05) is 13.0 Å². The van der Waals surface area contributed by atoms with E-state index >= 15 is 0 Å². The Bertz CT molecular complexity index is 508. The molecule has 1 saturated heterocycles. The molecule has 0 spiro atoms. The van der Waals surface area contributed by atoms with Gasteiger partial charge in [0.25, 0.3) is 5.91 Å². The van der Waals surface area contributed by atoms with Crippen LogP contribution in [0.1, 0.15) is 30.1 Å². The van der Waals surface area contributed by atoms with Crippen LogP contribution >= 0.6 is 0 Å². The van der Waals surface area contributed by atoms with Crippen molar-refractivity contribution in [2.24, 2.45) is 5.41 Å². The average Bonchev–Trinajstić information content (AvgIpc) is 2.47. The molecule has 2 rings (SSSR count). The minimum atomic E-state index is -0.339. The molecule has 0 radical (unpaired) electrons. The van der Waals surface area contributed by atoms with Crippen molar-refractivity contribution in [2.45, 2.75) is 19.8 Å². The van der Waals surface area contributed by atoms with Crippen LogP contribution in [0.2, 0.25) is 0 Å². The van der Waals surface area contributed by atoms with Crippen LogP contribution in [0.3, 0.4) is 0 Å². The summed E-state index contributed by atoms with van der Waals surface area (Å²) in [7, 11) is 1.59. The number of piperidine rings is 1. The summed E-state index contributed by atoms with van der Waals surface area (Å²) in [4.78, 5) is 24.0. The van der Waals surface area contributed by atoms with Crippen molar-refractivity contribution in [2.75, 3.05) is 25.5 Å². The number of hydrogen-bond donors (Lipinski definition) is 3. The lowest BCUT2D eigenvalue weighted by atomic mass is 9.80. The Hall–Kier alpha value is -1.88. The molecule has 0 saturated carbocycles. The second-order valence-corrected chi connectivity index (χ2v) is 5.42. The molecule has 0 unspecified atom stereocenters. The second-order valence-electron chi connectivity index (χ2n) is 5.42. The first-order chi connectivity index (χ1) is 9.55. The van der Waals surface area contributed by atoms with Crippen molar-refractivity contribution in [3.63, 3.8) is 0 Å². The Balaban J connectivity index is 2.09. The van der Waals surface area contributed by atoms with Gasteiger partial charge in [0, 0.05) is 23.7 Å². The van der Waals surface area contributed by atoms with E-state index in [2.05, 4.69) is 16.0 Å². The second kappa shape index (κ2) is 6.05. The Morgan fingerprint density at radius 1 is 1.25 bits per heavy atom. The standard InChI is InChI=1S/C15H21N3O2/c1-15(6-8-17-9-7-15)14(20)18-12-5-3-4-11(10-12)13(19)16-2/h3-5,10,17H,6-9H2,1-2H3,(H,16,19)(H,18,20). The molecule has 1 aliphatic heterocycles. The van der Waals surface area contributed by atoms with Gasteiger partial charge in [0.05, 0.1) is 0 Å². The number of anilines is 1. The molecule has 0 aliphatic carbocycles. The summed E-state index contributed by atoms with van der Waals surface area (Å²) in [6.07, 6.45) is 1.65. The van der Waals surface area contributed by atoms with Gasteiger partial charge in [-0.3, -0.25) is 9.59 Å². The van der Waals surface area contributed by atoms with Crippen LogP contribution in [0.4, 0.5) is 5.69 Å². The summed E-state index contributed by atoms with van der Waals surface area (Å²) in [5.41, 5.74) is 0.866. The zero-order valence-corrected chi connectivity index (χ0v) is 12.0. The van der Waals surface area contributed by atoms with E-state index in [1.807, 2.05) is 6.92 Å². The SMILES string of the molecule is CNC(=O)c1cccc(NC(=O)C2(C)CCNCC2)c1. The highest BCUT2D eigenvalue weighted by atomic mass is 16.2. The average molecular weight is 275 g/mol. The molecule has 0 atom stereocenters. The van der Waals surface area contributed by atoms with Gasteiger partial charge < -0.3 is 16.0 Å². The van der Waals surface area contributed by atoms with Crippen molar-refractivity contribution in [3.8, 4) is 0 Å². The first kappa shape index (κ1) is 14.5. The maximum Gasteiger partial charge on any atom is 0.251 e. The van der Waals surface area contributed by atoms with Crippen molar-refractivity contribution < 1.29 is 9.59 Å². The largest absolute Gasteiger partial charge is 0.355 e. The van der Waals surface area contributed by atoms with Crippen LogP contribution < -0.4 is 16.0 Å². The van der Waals surface area contributed by atoms with Crippen LogP contribution in [0.15, 0.2) is 24.3 Å². The fourth-order valence-electron chi connectivity index (χ4n) is 2.37. The number of rotatable bonds is 3. The third kappa shape index (κ3) is 3.17. The fourth-order valence-corrected chi connectivity index (χ4v) is 2.37. The Morgan fingerprint density at radius 3 is 2.60 bits per heavy atom. The third-order valence-corrected chi connectivity index (χ3v) is 3.86. The highest BCUT2D eigenvalue weighted by molar-refractivity contribution is 5.98. The molecule has 5 nitrogen and oxygen atoms in total. The van der Waals surface area contributed by atoms with Crippen molar-refractivity contribution in [1.82, 2.24) is 10.6 Å². The lowest BCUT2D eigenvalue weighted by Gasteiger charge is -2.32. The number of carbonyl (C=O) groups is 2. The van der Waals surface area contributed by atoms with E-state index in [1.165, 1.54) is 0 Å². The van der Waals surface area contributed by atoms with Gasteiger partial charge in [-0.15, -0.1) is 0 Å². The van der Waals surface area contributed by atoms with E-state index in [1.54, 1.807) is 31.3 Å². The summed E-state index contributed by atoms with van der Waals surface area (Å²) in [6, 6.07) is 6.99. The number of carbonyl (C=O) groups excluding carboxylic acids is 2. The lowest BCUT2D eigenvalue weighted by Crippen LogP contribution is -2.42. The number of hydrogen-bond acceptors (Lipinski definition) is 3. The van der Waals surface area contributed by atoms with E-state index < -0.39 is 0 Å². The van der Waals surface area contributed by atoms with Crippen LogP contribution in [0, 0.1) is 5.41 Å². The molecule has 1 fully saturated rings. The lowest BCUT2D eigenvalue weighted by molar-refractivity contribution is -0.126. The quantitative estimate of drug-likeness (QED) is 0.780. The molecular weight excluding hydrogens is 254 g/mol. The molecule has 2 amide bonds. The van der Waals surface area contributed by atoms with E-state index in [0.717, 1.165) is 25.9 Å². The first-order valence-electron chi connectivity index (χ1n) is 6.89. The normalized spacial score (nSPS) is 17.3. The monoisotopic (exact) mass is 275 g/mol. The predicted molar refractivity (Wildman–Crippen MR) is 78.7 cm³/mol. The zero-order valence-electron chi connectivity index (χ0n) is 12.0.